The Morgan fingerprint density at radius 2 is 2.25 bits per heavy atom. The Balaban J connectivity index is 3.18. The van der Waals surface area contributed by atoms with Crippen LogP contribution in [0.15, 0.2) is 18.2 Å². The highest BCUT2D eigenvalue weighted by Crippen LogP contribution is 2.19. The summed E-state index contributed by atoms with van der Waals surface area (Å²) in [7, 11) is 4.54. The quantitative estimate of drug-likeness (QED) is 0.370. The molecule has 2 N–H and O–H groups in total. The zero-order chi connectivity index (χ0) is 9.14. The number of anilines is 1. The molecule has 1 aromatic carbocycles. The maximum absolute atomic E-state index is 5.66. The van der Waals surface area contributed by atoms with Gasteiger partial charge in [-0.25, -0.2) is 5.84 Å². The molecule has 0 aliphatic rings. The van der Waals surface area contributed by atoms with Gasteiger partial charge in [0.25, 0.3) is 0 Å². The SMILES string of the molecule is CN(N)c1cccc(P)c1CBr. The van der Waals surface area contributed by atoms with Gasteiger partial charge in [-0.15, -0.1) is 9.24 Å². The van der Waals surface area contributed by atoms with E-state index in [1.54, 1.807) is 5.01 Å². The monoisotopic (exact) mass is 246 g/mol. The van der Waals surface area contributed by atoms with Crippen LogP contribution in [0.1, 0.15) is 5.56 Å². The molecular formula is C8H12BrN2P. The molecule has 0 fully saturated rings. The van der Waals surface area contributed by atoms with E-state index < -0.39 is 0 Å². The van der Waals surface area contributed by atoms with E-state index in [-0.39, 0.29) is 0 Å². The molecule has 0 radical (unpaired) electrons. The minimum absolute atomic E-state index is 0.823. The van der Waals surface area contributed by atoms with E-state index in [4.69, 9.17) is 5.84 Å². The van der Waals surface area contributed by atoms with Crippen molar-refractivity contribution < 1.29 is 0 Å². The van der Waals surface area contributed by atoms with Crippen LogP contribution in [-0.4, -0.2) is 7.05 Å². The van der Waals surface area contributed by atoms with Crippen LogP contribution in [0.3, 0.4) is 0 Å². The second-order valence-corrected chi connectivity index (χ2v) is 3.77. The van der Waals surface area contributed by atoms with Gasteiger partial charge in [-0.3, -0.25) is 0 Å². The molecule has 0 amide bonds. The van der Waals surface area contributed by atoms with Crippen LogP contribution in [0.25, 0.3) is 0 Å². The summed E-state index contributed by atoms with van der Waals surface area (Å²) in [5.41, 5.74) is 2.27. The molecule has 0 bridgehead atoms. The second kappa shape index (κ2) is 4.22. The number of halogens is 1. The Hall–Kier alpha value is -0.110. The van der Waals surface area contributed by atoms with Gasteiger partial charge < -0.3 is 5.01 Å². The van der Waals surface area contributed by atoms with Crippen molar-refractivity contribution in [3.8, 4) is 0 Å². The summed E-state index contributed by atoms with van der Waals surface area (Å²) in [5, 5.41) is 3.63. The lowest BCUT2D eigenvalue weighted by Crippen LogP contribution is -2.27. The summed E-state index contributed by atoms with van der Waals surface area (Å²) in [6.07, 6.45) is 0. The van der Waals surface area contributed by atoms with Crippen molar-refractivity contribution in [1.82, 2.24) is 0 Å². The van der Waals surface area contributed by atoms with Gasteiger partial charge in [0, 0.05) is 12.4 Å². The second-order valence-electron chi connectivity index (χ2n) is 2.59. The van der Waals surface area contributed by atoms with Gasteiger partial charge in [-0.1, -0.05) is 28.1 Å². The summed E-state index contributed by atoms with van der Waals surface area (Å²) in [4.78, 5) is 0. The zero-order valence-corrected chi connectivity index (χ0v) is 9.66. The third-order valence-electron chi connectivity index (χ3n) is 1.70. The van der Waals surface area contributed by atoms with E-state index in [1.807, 2.05) is 25.2 Å². The molecule has 1 atom stereocenters. The Morgan fingerprint density at radius 1 is 1.58 bits per heavy atom. The Kier molecular flexibility index (Phi) is 3.51. The Morgan fingerprint density at radius 3 is 2.67 bits per heavy atom. The topological polar surface area (TPSA) is 29.3 Å². The summed E-state index contributed by atoms with van der Waals surface area (Å²) in [6, 6.07) is 6.05. The third-order valence-corrected chi connectivity index (χ3v) is 2.80. The van der Waals surface area contributed by atoms with Gasteiger partial charge in [0.2, 0.25) is 0 Å². The fourth-order valence-electron chi connectivity index (χ4n) is 1.07. The van der Waals surface area contributed by atoms with Gasteiger partial charge in [0.1, 0.15) is 0 Å². The maximum atomic E-state index is 5.66. The predicted octanol–water partition coefficient (Wildman–Crippen LogP) is 1.39. The van der Waals surface area contributed by atoms with Crippen LogP contribution < -0.4 is 16.2 Å². The fourth-order valence-corrected chi connectivity index (χ4v) is 2.34. The molecule has 1 aromatic rings. The van der Waals surface area contributed by atoms with Crippen LogP contribution in [0.4, 0.5) is 5.69 Å². The highest BCUT2D eigenvalue weighted by molar-refractivity contribution is 9.08. The van der Waals surface area contributed by atoms with Crippen LogP contribution >= 0.6 is 25.2 Å². The van der Waals surface area contributed by atoms with Crippen LogP contribution in [-0.2, 0) is 5.33 Å². The molecule has 0 aromatic heterocycles. The zero-order valence-electron chi connectivity index (χ0n) is 6.92. The minimum Gasteiger partial charge on any atom is -0.314 e. The molecule has 1 unspecified atom stereocenters. The normalized spacial score (nSPS) is 10.0. The van der Waals surface area contributed by atoms with E-state index in [0.717, 1.165) is 11.0 Å². The molecule has 1 rings (SSSR count). The maximum Gasteiger partial charge on any atom is 0.0560 e. The van der Waals surface area contributed by atoms with Crippen LogP contribution in [0, 0.1) is 0 Å². The van der Waals surface area contributed by atoms with E-state index in [1.165, 1.54) is 10.9 Å². The van der Waals surface area contributed by atoms with Gasteiger partial charge in [-0.2, -0.15) is 0 Å². The number of nitrogens with two attached hydrogens (primary N) is 1. The lowest BCUT2D eigenvalue weighted by Gasteiger charge is -2.17. The highest BCUT2D eigenvalue weighted by atomic mass is 79.9. The van der Waals surface area contributed by atoms with Crippen molar-refractivity contribution >= 4 is 36.2 Å². The highest BCUT2D eigenvalue weighted by Gasteiger charge is 2.05. The summed E-state index contributed by atoms with van der Waals surface area (Å²) in [5.74, 6) is 5.66. The molecule has 66 valence electrons. The lowest BCUT2D eigenvalue weighted by molar-refractivity contribution is 1.01. The molecule has 4 heteroatoms. The first-order chi connectivity index (χ1) is 5.66. The third kappa shape index (κ3) is 1.98. The molecule has 0 heterocycles. The first-order valence-electron chi connectivity index (χ1n) is 3.58. The average molecular weight is 247 g/mol. The Labute approximate surface area is 83.4 Å². The van der Waals surface area contributed by atoms with E-state index in [0.29, 0.717) is 0 Å². The Bertz CT molecular complexity index is 276. The van der Waals surface area contributed by atoms with Gasteiger partial charge in [0.05, 0.1) is 5.69 Å². The number of nitrogens with zero attached hydrogens (tertiary/aromatic N) is 1. The summed E-state index contributed by atoms with van der Waals surface area (Å²) < 4.78 is 0. The van der Waals surface area contributed by atoms with Crippen molar-refractivity contribution in [3.63, 3.8) is 0 Å². The number of hydrazine groups is 1. The van der Waals surface area contributed by atoms with Crippen molar-refractivity contribution in [2.75, 3.05) is 12.1 Å². The van der Waals surface area contributed by atoms with E-state index in [9.17, 15) is 0 Å². The van der Waals surface area contributed by atoms with E-state index in [2.05, 4.69) is 25.2 Å². The average Bonchev–Trinajstić information content (AvgIpc) is 2.03. The molecule has 12 heavy (non-hydrogen) atoms. The first kappa shape index (κ1) is 9.97. The number of hydrogen-bond acceptors (Lipinski definition) is 2. The number of alkyl halides is 1. The standard InChI is InChI=1S/C8H12BrN2P/c1-11(10)7-3-2-4-8(12)6(7)5-9/h2-4H,5,10,12H2,1H3. The molecule has 0 saturated heterocycles. The smallest absolute Gasteiger partial charge is 0.0560 e. The van der Waals surface area contributed by atoms with E-state index >= 15 is 0 Å². The largest absolute Gasteiger partial charge is 0.314 e. The van der Waals surface area contributed by atoms with Crippen LogP contribution in [0.2, 0.25) is 0 Å². The molecular weight excluding hydrogens is 235 g/mol. The molecule has 0 spiro atoms. The minimum atomic E-state index is 0.823. The van der Waals surface area contributed by atoms with Gasteiger partial charge in [-0.05, 0) is 16.9 Å². The van der Waals surface area contributed by atoms with Crippen molar-refractivity contribution in [1.29, 1.82) is 0 Å². The van der Waals surface area contributed by atoms with Gasteiger partial charge >= 0.3 is 0 Å². The molecule has 2 nitrogen and oxygen atoms in total. The molecule has 0 saturated carbocycles. The number of benzene rings is 1. The van der Waals surface area contributed by atoms with Crippen molar-refractivity contribution in [2.45, 2.75) is 5.33 Å². The number of hydrogen-bond donors (Lipinski definition) is 1. The van der Waals surface area contributed by atoms with Crippen molar-refractivity contribution in [2.24, 2.45) is 5.84 Å². The predicted molar refractivity (Wildman–Crippen MR) is 61.0 cm³/mol. The summed E-state index contributed by atoms with van der Waals surface area (Å²) in [6.45, 7) is 0. The number of rotatable bonds is 2. The summed E-state index contributed by atoms with van der Waals surface area (Å²) >= 11 is 3.43. The first-order valence-corrected chi connectivity index (χ1v) is 5.28. The van der Waals surface area contributed by atoms with Crippen LogP contribution in [0.5, 0.6) is 0 Å². The molecule has 0 aliphatic carbocycles. The lowest BCUT2D eigenvalue weighted by atomic mass is 10.2. The van der Waals surface area contributed by atoms with Gasteiger partial charge in [0.15, 0.2) is 0 Å². The fraction of sp³-hybridized carbons (Fsp3) is 0.250. The van der Waals surface area contributed by atoms with Crippen molar-refractivity contribution in [3.05, 3.63) is 23.8 Å². The molecule has 0 aliphatic heterocycles.